The molecule has 0 aromatic heterocycles. The second-order valence-electron chi connectivity index (χ2n) is 17.1. The van der Waals surface area contributed by atoms with Crippen LogP contribution in [0.25, 0.3) is 0 Å². The van der Waals surface area contributed by atoms with Gasteiger partial charge in [-0.2, -0.15) is 0 Å². The minimum absolute atomic E-state index is 0.01000. The zero-order valence-electron chi connectivity index (χ0n) is 33.6. The van der Waals surface area contributed by atoms with Crippen LogP contribution in [-0.2, 0) is 28.6 Å². The summed E-state index contributed by atoms with van der Waals surface area (Å²) < 4.78 is 16.8. The predicted molar refractivity (Wildman–Crippen MR) is 195 cm³/mol. The second kappa shape index (κ2) is 19.4. The number of likely N-dealkylation sites (N-methyl/N-ethyl adjacent to an activating group) is 2. The fourth-order valence-corrected chi connectivity index (χ4v) is 7.99. The van der Waals surface area contributed by atoms with Crippen LogP contribution in [-0.4, -0.2) is 158 Å². The van der Waals surface area contributed by atoms with Crippen molar-refractivity contribution in [3.8, 4) is 0 Å². The average Bonchev–Trinajstić information content (AvgIpc) is 2.98. The highest BCUT2D eigenvalue weighted by molar-refractivity contribution is 6.03. The van der Waals surface area contributed by atoms with Crippen molar-refractivity contribution in [1.29, 1.82) is 0 Å². The maximum atomic E-state index is 13.3. The molecule has 2 N–H and O–H groups in total. The van der Waals surface area contributed by atoms with Gasteiger partial charge in [-0.15, -0.1) is 0 Å². The lowest BCUT2D eigenvalue weighted by molar-refractivity contribution is -0.230. The first-order valence-corrected chi connectivity index (χ1v) is 18.7. The van der Waals surface area contributed by atoms with Gasteiger partial charge >= 0.3 is 5.97 Å². The molecule has 12 heteroatoms. The van der Waals surface area contributed by atoms with E-state index in [4.69, 9.17) is 14.2 Å². The molecule has 0 radical (unpaired) electrons. The van der Waals surface area contributed by atoms with Gasteiger partial charge < -0.3 is 39.1 Å². The number of esters is 1. The molecule has 3 saturated heterocycles. The normalized spacial score (nSPS) is 33.6. The van der Waals surface area contributed by atoms with Crippen molar-refractivity contribution >= 4 is 17.7 Å². The van der Waals surface area contributed by atoms with Crippen molar-refractivity contribution < 1.29 is 38.8 Å². The van der Waals surface area contributed by atoms with Crippen molar-refractivity contribution in [3.05, 3.63) is 0 Å². The lowest BCUT2D eigenvalue weighted by Crippen LogP contribution is -2.59. The zero-order chi connectivity index (χ0) is 38.1. The monoisotopic (exact) mass is 713 g/mol. The highest BCUT2D eigenvalue weighted by Crippen LogP contribution is 2.34. The summed E-state index contributed by atoms with van der Waals surface area (Å²) in [6.45, 7) is 20.2. The highest BCUT2D eigenvalue weighted by Gasteiger charge is 2.45. The molecular weight excluding hydrogens is 640 g/mol. The molecule has 292 valence electrons. The Kier molecular flexibility index (Phi) is 17.3. The average molecular weight is 713 g/mol. The number of rotatable bonds is 9. The van der Waals surface area contributed by atoms with E-state index in [-0.39, 0.29) is 48.3 Å². The Morgan fingerprint density at radius 2 is 1.66 bits per heavy atom. The molecule has 3 aliphatic rings. The maximum Gasteiger partial charge on any atom is 0.319 e. The number of amides is 1. The van der Waals surface area contributed by atoms with Crippen molar-refractivity contribution in [2.24, 2.45) is 29.1 Å². The van der Waals surface area contributed by atoms with Crippen molar-refractivity contribution in [2.45, 2.75) is 124 Å². The fraction of sp³-hybridized carbons (Fsp3) is 0.921. The number of ketones is 1. The highest BCUT2D eigenvalue weighted by atomic mass is 16.6. The number of aliphatic hydroxyl groups is 2. The third-order valence-electron chi connectivity index (χ3n) is 10.8. The van der Waals surface area contributed by atoms with E-state index in [0.29, 0.717) is 37.8 Å². The van der Waals surface area contributed by atoms with Gasteiger partial charge in [0.05, 0.1) is 11.7 Å². The molecule has 3 aliphatic heterocycles. The van der Waals surface area contributed by atoms with E-state index in [1.807, 2.05) is 37.7 Å². The molecule has 0 bridgehead atoms. The SMILES string of the molecule is CO[C@]1(C)C[C@@H](C)CN(C)[C@H](C2CN(C(=O)CCCN(C)CC(C)C)C2)COC(=O)C(C)(C)C(=O)[C@H](C)C1.C[C@@H]1C[C@H](N(C)C)[C@@H](O)[C@H](O)O1. The third-order valence-corrected chi connectivity index (χ3v) is 10.8. The number of aliphatic hydroxyl groups excluding tert-OH is 2. The van der Waals surface area contributed by atoms with Gasteiger partial charge in [-0.3, -0.25) is 19.3 Å². The Morgan fingerprint density at radius 1 is 1.04 bits per heavy atom. The van der Waals surface area contributed by atoms with Crippen molar-refractivity contribution in [1.82, 2.24) is 19.6 Å². The number of hydrogen-bond donors (Lipinski definition) is 2. The molecule has 1 amide bonds. The van der Waals surface area contributed by atoms with E-state index in [1.165, 1.54) is 0 Å². The van der Waals surface area contributed by atoms with Gasteiger partial charge in [-0.1, -0.05) is 27.7 Å². The number of cyclic esters (lactones) is 1. The van der Waals surface area contributed by atoms with Gasteiger partial charge in [0.25, 0.3) is 0 Å². The number of ether oxygens (including phenoxy) is 3. The fourth-order valence-electron chi connectivity index (χ4n) is 7.99. The minimum atomic E-state index is -1.22. The molecule has 0 aliphatic carbocycles. The third kappa shape index (κ3) is 12.8. The largest absolute Gasteiger partial charge is 0.463 e. The smallest absolute Gasteiger partial charge is 0.319 e. The predicted octanol–water partition coefficient (Wildman–Crippen LogP) is 3.13. The second-order valence-corrected chi connectivity index (χ2v) is 17.1. The number of likely N-dealkylation sites (tertiary alicyclic amines) is 1. The molecule has 0 saturated carbocycles. The summed E-state index contributed by atoms with van der Waals surface area (Å²) in [7, 11) is 9.67. The lowest BCUT2D eigenvalue weighted by Gasteiger charge is -2.46. The first-order valence-electron chi connectivity index (χ1n) is 18.7. The van der Waals surface area contributed by atoms with Crippen molar-refractivity contribution in [2.75, 3.05) is 74.6 Å². The molecule has 0 unspecified atom stereocenters. The van der Waals surface area contributed by atoms with E-state index < -0.39 is 29.4 Å². The van der Waals surface area contributed by atoms with E-state index >= 15 is 0 Å². The van der Waals surface area contributed by atoms with E-state index in [2.05, 4.69) is 51.6 Å². The summed E-state index contributed by atoms with van der Waals surface area (Å²) in [4.78, 5) is 47.6. The van der Waals surface area contributed by atoms with Crippen LogP contribution in [0, 0.1) is 29.1 Å². The van der Waals surface area contributed by atoms with Gasteiger partial charge in [0.1, 0.15) is 18.1 Å². The van der Waals surface area contributed by atoms with Gasteiger partial charge in [0.2, 0.25) is 5.91 Å². The molecule has 0 aromatic carbocycles. The molecular formula is C38H72N4O8. The quantitative estimate of drug-likeness (QED) is 0.270. The van der Waals surface area contributed by atoms with Gasteiger partial charge in [0, 0.05) is 63.6 Å². The molecule has 50 heavy (non-hydrogen) atoms. The Bertz CT molecular complexity index is 1080. The number of Topliss-reactive ketones (excluding diaryl/α,β-unsaturated/α-hetero) is 1. The summed E-state index contributed by atoms with van der Waals surface area (Å²) >= 11 is 0. The zero-order valence-corrected chi connectivity index (χ0v) is 33.6. The Hall–Kier alpha value is -1.67. The van der Waals surface area contributed by atoms with Gasteiger partial charge in [-0.05, 0) is 99.9 Å². The Balaban J connectivity index is 0.000000606. The standard InChI is InChI=1S/C30H55N3O5.C8H17NO3/c1-21(2)16-31(8)13-11-12-26(34)33-18-24(19-33)25-20-38-28(36)29(5,6)27(35)23(4)15-30(7,37-10)14-22(3)17-32(25)9;1-5-4-6(9(2)3)7(10)8(11)12-5/h21-25H,11-20H2,1-10H3;5-8,10-11H,4H2,1-3H3/t22-,23-,25+,30-;5-,6+,7-,8-/m11/s1. The number of carbonyl (C=O) groups excluding carboxylic acids is 3. The van der Waals surface area contributed by atoms with Crippen LogP contribution in [0.1, 0.15) is 87.5 Å². The molecule has 3 rings (SSSR count). The van der Waals surface area contributed by atoms with Gasteiger partial charge in [-0.25, -0.2) is 0 Å². The van der Waals surface area contributed by atoms with Crippen LogP contribution in [0.3, 0.4) is 0 Å². The van der Waals surface area contributed by atoms with E-state index in [9.17, 15) is 24.6 Å². The molecule has 8 atom stereocenters. The van der Waals surface area contributed by atoms with Crippen LogP contribution in [0.2, 0.25) is 0 Å². The topological polar surface area (TPSA) is 132 Å². The summed E-state index contributed by atoms with van der Waals surface area (Å²) in [6.07, 6.45) is 1.73. The number of hydrogen-bond acceptors (Lipinski definition) is 11. The maximum absolute atomic E-state index is 13.3. The molecule has 3 heterocycles. The first kappa shape index (κ1) is 44.5. The summed E-state index contributed by atoms with van der Waals surface area (Å²) in [6, 6.07) is -0.0238. The lowest BCUT2D eigenvalue weighted by atomic mass is 9.76. The van der Waals surface area contributed by atoms with Crippen LogP contribution in [0.15, 0.2) is 0 Å². The Labute approximate surface area is 303 Å². The minimum Gasteiger partial charge on any atom is -0.463 e. The van der Waals surface area contributed by atoms with Crippen LogP contribution < -0.4 is 0 Å². The first-order chi connectivity index (χ1) is 23.1. The number of methoxy groups -OCH3 is 1. The van der Waals surface area contributed by atoms with Crippen LogP contribution in [0.5, 0.6) is 0 Å². The van der Waals surface area contributed by atoms with Crippen LogP contribution >= 0.6 is 0 Å². The number of nitrogens with zero attached hydrogens (tertiary/aromatic N) is 4. The molecule has 12 nitrogen and oxygen atoms in total. The Morgan fingerprint density at radius 3 is 2.22 bits per heavy atom. The van der Waals surface area contributed by atoms with E-state index in [1.54, 1.807) is 21.0 Å². The summed E-state index contributed by atoms with van der Waals surface area (Å²) in [5, 5.41) is 18.8. The molecule has 0 aromatic rings. The van der Waals surface area contributed by atoms with Crippen molar-refractivity contribution in [3.63, 3.8) is 0 Å². The molecule has 3 fully saturated rings. The van der Waals surface area contributed by atoms with E-state index in [0.717, 1.165) is 38.9 Å². The summed E-state index contributed by atoms with van der Waals surface area (Å²) in [5.41, 5.74) is -1.68. The van der Waals surface area contributed by atoms with Gasteiger partial charge in [0.15, 0.2) is 12.1 Å². The molecule has 0 spiro atoms. The summed E-state index contributed by atoms with van der Waals surface area (Å²) in [5.74, 6) is 0.461. The number of carbonyl (C=O) groups is 3. The van der Waals surface area contributed by atoms with Crippen LogP contribution in [0.4, 0.5) is 0 Å².